The first-order chi connectivity index (χ1) is 6.24. The number of ether oxygens (including phenoxy) is 1. The Balaban J connectivity index is 2.53. The maximum atomic E-state index is 12.7. The topological polar surface area (TPSA) is 21.3 Å². The van der Waals surface area contributed by atoms with Gasteiger partial charge in [0.2, 0.25) is 0 Å². The van der Waals surface area contributed by atoms with Gasteiger partial charge in [0, 0.05) is 13.7 Å². The van der Waals surface area contributed by atoms with E-state index in [9.17, 15) is 8.78 Å². The second-order valence-electron chi connectivity index (χ2n) is 2.61. The molecule has 1 aromatic rings. The van der Waals surface area contributed by atoms with Crippen LogP contribution >= 0.6 is 0 Å². The Morgan fingerprint density at radius 1 is 1.31 bits per heavy atom. The highest BCUT2D eigenvalue weighted by Gasteiger charge is 2.01. The number of methoxy groups -OCH3 is 1. The largest absolute Gasteiger partial charge is 0.370 e. The summed E-state index contributed by atoms with van der Waals surface area (Å²) in [5.74, 6) is -1.65. The zero-order chi connectivity index (χ0) is 9.68. The van der Waals surface area contributed by atoms with E-state index in [1.54, 1.807) is 7.11 Å². The summed E-state index contributed by atoms with van der Waals surface area (Å²) in [6.45, 7) is 0.851. The van der Waals surface area contributed by atoms with Gasteiger partial charge in [-0.05, 0) is 17.7 Å². The van der Waals surface area contributed by atoms with Crippen molar-refractivity contribution in [2.75, 3.05) is 13.8 Å². The minimum atomic E-state index is -0.824. The SMILES string of the molecule is COCNCc1ccc(F)c(F)c1. The average molecular weight is 187 g/mol. The highest BCUT2D eigenvalue weighted by Crippen LogP contribution is 2.07. The summed E-state index contributed by atoms with van der Waals surface area (Å²) in [4.78, 5) is 0. The number of hydrogen-bond donors (Lipinski definition) is 1. The fourth-order valence-corrected chi connectivity index (χ4v) is 0.947. The van der Waals surface area contributed by atoms with Gasteiger partial charge in [0.05, 0.1) is 6.73 Å². The molecule has 0 aliphatic heterocycles. The molecule has 0 aliphatic carbocycles. The monoisotopic (exact) mass is 187 g/mol. The molecule has 0 atom stereocenters. The van der Waals surface area contributed by atoms with Crippen LogP contribution in [0.1, 0.15) is 5.56 Å². The molecule has 72 valence electrons. The molecule has 0 spiro atoms. The molecule has 0 fully saturated rings. The molecule has 0 amide bonds. The Hall–Kier alpha value is -1.00. The summed E-state index contributed by atoms with van der Waals surface area (Å²) in [6.07, 6.45) is 0. The predicted molar refractivity (Wildman–Crippen MR) is 45.1 cm³/mol. The van der Waals surface area contributed by atoms with E-state index in [0.717, 1.165) is 12.1 Å². The highest BCUT2D eigenvalue weighted by molar-refractivity contribution is 5.17. The standard InChI is InChI=1S/C9H11F2NO/c1-13-6-12-5-7-2-3-8(10)9(11)4-7/h2-4,12H,5-6H2,1H3. The van der Waals surface area contributed by atoms with Crippen molar-refractivity contribution in [2.24, 2.45) is 0 Å². The normalized spacial score (nSPS) is 10.4. The van der Waals surface area contributed by atoms with Crippen molar-refractivity contribution in [3.8, 4) is 0 Å². The van der Waals surface area contributed by atoms with Crippen LogP contribution in [0.25, 0.3) is 0 Å². The summed E-state index contributed by atoms with van der Waals surface area (Å²) >= 11 is 0. The molecule has 1 aromatic carbocycles. The van der Waals surface area contributed by atoms with Gasteiger partial charge in [-0.3, -0.25) is 5.32 Å². The number of hydrogen-bond acceptors (Lipinski definition) is 2. The van der Waals surface area contributed by atoms with Crippen LogP contribution in [0.3, 0.4) is 0 Å². The Morgan fingerprint density at radius 3 is 2.69 bits per heavy atom. The first-order valence-electron chi connectivity index (χ1n) is 3.87. The van der Waals surface area contributed by atoms with Crippen molar-refractivity contribution in [3.05, 3.63) is 35.4 Å². The lowest BCUT2D eigenvalue weighted by Crippen LogP contribution is -2.15. The summed E-state index contributed by atoms with van der Waals surface area (Å²) in [6, 6.07) is 3.80. The Kier molecular flexibility index (Phi) is 3.79. The van der Waals surface area contributed by atoms with Crippen LogP contribution < -0.4 is 5.32 Å². The van der Waals surface area contributed by atoms with Gasteiger partial charge in [-0.1, -0.05) is 6.07 Å². The van der Waals surface area contributed by atoms with Gasteiger partial charge in [0.15, 0.2) is 11.6 Å². The van der Waals surface area contributed by atoms with Crippen LogP contribution in [0.4, 0.5) is 8.78 Å². The molecular weight excluding hydrogens is 176 g/mol. The molecule has 0 aliphatic rings. The van der Waals surface area contributed by atoms with Gasteiger partial charge < -0.3 is 4.74 Å². The lowest BCUT2D eigenvalue weighted by Gasteiger charge is -2.03. The second kappa shape index (κ2) is 4.89. The molecular formula is C9H11F2NO. The molecule has 13 heavy (non-hydrogen) atoms. The van der Waals surface area contributed by atoms with Gasteiger partial charge in [-0.15, -0.1) is 0 Å². The van der Waals surface area contributed by atoms with E-state index in [4.69, 9.17) is 4.74 Å². The van der Waals surface area contributed by atoms with E-state index >= 15 is 0 Å². The van der Waals surface area contributed by atoms with Crippen molar-refractivity contribution in [1.82, 2.24) is 5.32 Å². The van der Waals surface area contributed by atoms with Crippen LogP contribution in [0.5, 0.6) is 0 Å². The molecule has 0 aromatic heterocycles. The van der Waals surface area contributed by atoms with Crippen LogP contribution in [-0.2, 0) is 11.3 Å². The lowest BCUT2D eigenvalue weighted by atomic mass is 10.2. The van der Waals surface area contributed by atoms with Crippen LogP contribution in [0.15, 0.2) is 18.2 Å². The van der Waals surface area contributed by atoms with Gasteiger partial charge in [-0.25, -0.2) is 8.78 Å². The highest BCUT2D eigenvalue weighted by atomic mass is 19.2. The van der Waals surface area contributed by atoms with Crippen molar-refractivity contribution < 1.29 is 13.5 Å². The summed E-state index contributed by atoms with van der Waals surface area (Å²) in [5.41, 5.74) is 0.691. The minimum absolute atomic E-state index is 0.388. The van der Waals surface area contributed by atoms with Crippen molar-refractivity contribution in [3.63, 3.8) is 0 Å². The van der Waals surface area contributed by atoms with E-state index in [1.165, 1.54) is 6.07 Å². The van der Waals surface area contributed by atoms with Gasteiger partial charge in [-0.2, -0.15) is 0 Å². The fourth-order valence-electron chi connectivity index (χ4n) is 0.947. The molecule has 0 heterocycles. The zero-order valence-corrected chi connectivity index (χ0v) is 7.31. The lowest BCUT2D eigenvalue weighted by molar-refractivity contribution is 0.174. The fraction of sp³-hybridized carbons (Fsp3) is 0.333. The van der Waals surface area contributed by atoms with Crippen LogP contribution in [0, 0.1) is 11.6 Å². The van der Waals surface area contributed by atoms with Gasteiger partial charge in [0.25, 0.3) is 0 Å². The Labute approximate surface area is 75.5 Å². The first kappa shape index (κ1) is 10.1. The first-order valence-corrected chi connectivity index (χ1v) is 3.87. The summed E-state index contributed by atoms with van der Waals surface area (Å²) in [7, 11) is 1.55. The number of halogens is 2. The molecule has 0 unspecified atom stereocenters. The molecule has 0 radical (unpaired) electrons. The molecule has 1 N–H and O–H groups in total. The van der Waals surface area contributed by atoms with Crippen LogP contribution in [0.2, 0.25) is 0 Å². The molecule has 0 saturated heterocycles. The smallest absolute Gasteiger partial charge is 0.159 e. The van der Waals surface area contributed by atoms with Gasteiger partial charge >= 0.3 is 0 Å². The maximum absolute atomic E-state index is 12.7. The molecule has 2 nitrogen and oxygen atoms in total. The van der Waals surface area contributed by atoms with Crippen molar-refractivity contribution >= 4 is 0 Å². The van der Waals surface area contributed by atoms with Crippen molar-refractivity contribution in [1.29, 1.82) is 0 Å². The summed E-state index contributed by atoms with van der Waals surface area (Å²) < 4.78 is 29.9. The van der Waals surface area contributed by atoms with Crippen LogP contribution in [-0.4, -0.2) is 13.8 Å². The average Bonchev–Trinajstić information content (AvgIpc) is 2.12. The van der Waals surface area contributed by atoms with E-state index in [1.807, 2.05) is 0 Å². The third kappa shape index (κ3) is 3.08. The van der Waals surface area contributed by atoms with E-state index in [2.05, 4.69) is 5.32 Å². The third-order valence-electron chi connectivity index (χ3n) is 1.56. The second-order valence-corrected chi connectivity index (χ2v) is 2.61. The van der Waals surface area contributed by atoms with E-state index in [-0.39, 0.29) is 0 Å². The zero-order valence-electron chi connectivity index (χ0n) is 7.31. The van der Waals surface area contributed by atoms with Crippen molar-refractivity contribution in [2.45, 2.75) is 6.54 Å². The van der Waals surface area contributed by atoms with Gasteiger partial charge in [0.1, 0.15) is 0 Å². The molecule has 4 heteroatoms. The Bertz CT molecular complexity index is 278. The predicted octanol–water partition coefficient (Wildman–Crippen LogP) is 1.66. The van der Waals surface area contributed by atoms with E-state index < -0.39 is 11.6 Å². The minimum Gasteiger partial charge on any atom is -0.370 e. The number of nitrogens with one attached hydrogen (secondary N) is 1. The number of rotatable bonds is 4. The molecule has 0 saturated carbocycles. The maximum Gasteiger partial charge on any atom is 0.159 e. The summed E-state index contributed by atoms with van der Waals surface area (Å²) in [5, 5.41) is 2.89. The third-order valence-corrected chi connectivity index (χ3v) is 1.56. The quantitative estimate of drug-likeness (QED) is 0.571. The molecule has 0 bridgehead atoms. The van der Waals surface area contributed by atoms with E-state index in [0.29, 0.717) is 18.8 Å². The molecule has 1 rings (SSSR count). The number of benzene rings is 1. The Morgan fingerprint density at radius 2 is 2.08 bits per heavy atom.